The third-order valence-electron chi connectivity index (χ3n) is 8.28. The van der Waals surface area contributed by atoms with Crippen LogP contribution in [0, 0.1) is 0 Å². The maximum Gasteiger partial charge on any atom is 0.270 e. The number of carbonyl (C=O) groups excluding carboxylic acids is 1. The Morgan fingerprint density at radius 3 is 2.12 bits per heavy atom. The first-order chi connectivity index (χ1) is 20.7. The molecule has 5 aromatic carbocycles. The van der Waals surface area contributed by atoms with E-state index in [4.69, 9.17) is 14.7 Å². The van der Waals surface area contributed by atoms with Gasteiger partial charge in [0.15, 0.2) is 0 Å². The van der Waals surface area contributed by atoms with Crippen molar-refractivity contribution in [1.29, 1.82) is 0 Å². The van der Waals surface area contributed by atoms with Crippen molar-refractivity contribution in [3.63, 3.8) is 0 Å². The lowest BCUT2D eigenvalue weighted by Crippen LogP contribution is -2.24. The number of fused-ring (bicyclic) bond motifs is 3. The molecular formula is C37H33N3O2. The minimum absolute atomic E-state index is 0.209. The maximum atomic E-state index is 13.4. The summed E-state index contributed by atoms with van der Waals surface area (Å²) in [4.78, 5) is 22.9. The summed E-state index contributed by atoms with van der Waals surface area (Å²) in [5.74, 6) is 0.384. The van der Waals surface area contributed by atoms with E-state index in [2.05, 4.69) is 66.8 Å². The van der Waals surface area contributed by atoms with Crippen molar-refractivity contribution >= 4 is 60.0 Å². The molecule has 0 aliphatic rings. The predicted octanol–water partition coefficient (Wildman–Crippen LogP) is 8.96. The summed E-state index contributed by atoms with van der Waals surface area (Å²) in [6.45, 7) is 3.28. The van der Waals surface area contributed by atoms with Gasteiger partial charge in [-0.1, -0.05) is 105 Å². The number of carbonyl (C=O) groups is 1. The molecule has 0 aliphatic carbocycles. The zero-order valence-electron chi connectivity index (χ0n) is 23.8. The van der Waals surface area contributed by atoms with Crippen molar-refractivity contribution in [2.45, 2.75) is 45.6 Å². The van der Waals surface area contributed by atoms with Gasteiger partial charge in [-0.3, -0.25) is 4.79 Å². The summed E-state index contributed by atoms with van der Waals surface area (Å²) in [6.07, 6.45) is 5.91. The van der Waals surface area contributed by atoms with Crippen LogP contribution in [0.1, 0.15) is 55.1 Å². The highest BCUT2D eigenvalue weighted by Gasteiger charge is 2.14. The molecule has 0 radical (unpaired) electrons. The van der Waals surface area contributed by atoms with Gasteiger partial charge in [0.25, 0.3) is 5.91 Å². The third-order valence-corrected chi connectivity index (χ3v) is 8.28. The van der Waals surface area contributed by atoms with Gasteiger partial charge in [0, 0.05) is 23.4 Å². The number of aromatic nitrogens is 2. The molecule has 0 saturated heterocycles. The fourth-order valence-electron chi connectivity index (χ4n) is 6.05. The Morgan fingerprint density at radius 1 is 0.667 bits per heavy atom. The first kappa shape index (κ1) is 26.1. The van der Waals surface area contributed by atoms with Crippen LogP contribution in [0.25, 0.3) is 54.1 Å². The second kappa shape index (κ2) is 11.2. The van der Waals surface area contributed by atoms with Crippen molar-refractivity contribution in [1.82, 2.24) is 15.3 Å². The van der Waals surface area contributed by atoms with Crippen LogP contribution in [0.4, 0.5) is 0 Å². The third kappa shape index (κ3) is 4.85. The summed E-state index contributed by atoms with van der Waals surface area (Å²) in [6, 6.07) is 31.1. The van der Waals surface area contributed by atoms with Crippen LogP contribution in [0.3, 0.4) is 0 Å². The Labute approximate surface area is 244 Å². The molecule has 208 valence electrons. The van der Waals surface area contributed by atoms with E-state index >= 15 is 0 Å². The van der Waals surface area contributed by atoms with Crippen molar-refractivity contribution in [2.75, 3.05) is 6.61 Å². The van der Waals surface area contributed by atoms with E-state index < -0.39 is 0 Å². The van der Waals surface area contributed by atoms with Gasteiger partial charge < -0.3 is 10.1 Å². The van der Waals surface area contributed by atoms with E-state index in [1.807, 2.05) is 30.3 Å². The van der Waals surface area contributed by atoms with Gasteiger partial charge in [-0.25, -0.2) is 9.97 Å². The molecule has 5 nitrogen and oxygen atoms in total. The van der Waals surface area contributed by atoms with Crippen LogP contribution < -0.4 is 10.1 Å². The van der Waals surface area contributed by atoms with Crippen LogP contribution in [-0.2, 0) is 6.54 Å². The van der Waals surface area contributed by atoms with Crippen LogP contribution in [0.2, 0.25) is 0 Å². The van der Waals surface area contributed by atoms with E-state index in [0.29, 0.717) is 30.2 Å². The molecule has 2 aromatic heterocycles. The van der Waals surface area contributed by atoms with E-state index in [9.17, 15) is 4.79 Å². The summed E-state index contributed by atoms with van der Waals surface area (Å²) in [7, 11) is 0. The number of rotatable bonds is 10. The van der Waals surface area contributed by atoms with Crippen molar-refractivity contribution < 1.29 is 9.53 Å². The Bertz CT molecular complexity index is 2050. The molecule has 2 heterocycles. The largest absolute Gasteiger partial charge is 0.478 e. The number of unbranched alkanes of at least 4 members (excludes halogenated alkanes) is 4. The molecule has 0 atom stereocenters. The van der Waals surface area contributed by atoms with Crippen molar-refractivity contribution in [2.24, 2.45) is 0 Å². The van der Waals surface area contributed by atoms with E-state index in [1.54, 1.807) is 6.07 Å². The van der Waals surface area contributed by atoms with Gasteiger partial charge in [0.1, 0.15) is 11.2 Å². The topological polar surface area (TPSA) is 64.1 Å². The molecule has 7 aromatic rings. The van der Waals surface area contributed by atoms with Gasteiger partial charge in [0.05, 0.1) is 12.1 Å². The normalized spacial score (nSPS) is 11.7. The Morgan fingerprint density at radius 2 is 1.31 bits per heavy atom. The quantitative estimate of drug-likeness (QED) is 0.136. The first-order valence-corrected chi connectivity index (χ1v) is 15.0. The fraction of sp³-hybridized carbons (Fsp3) is 0.216. The summed E-state index contributed by atoms with van der Waals surface area (Å²) in [5.41, 5.74) is 2.91. The van der Waals surface area contributed by atoms with E-state index in [-0.39, 0.29) is 5.91 Å². The molecular weight excluding hydrogens is 518 g/mol. The second-order valence-electron chi connectivity index (χ2n) is 11.1. The summed E-state index contributed by atoms with van der Waals surface area (Å²) < 4.78 is 5.97. The number of nitrogens with zero attached hydrogens (tertiary/aromatic N) is 2. The molecule has 0 unspecified atom stereocenters. The summed E-state index contributed by atoms with van der Waals surface area (Å²) in [5, 5.41) is 12.4. The molecule has 0 bridgehead atoms. The van der Waals surface area contributed by atoms with E-state index in [1.165, 1.54) is 52.6 Å². The average molecular weight is 552 g/mol. The second-order valence-corrected chi connectivity index (χ2v) is 11.1. The average Bonchev–Trinajstić information content (AvgIpc) is 3.04. The highest BCUT2D eigenvalue weighted by Crippen LogP contribution is 2.36. The fourth-order valence-corrected chi connectivity index (χ4v) is 6.05. The number of hydrogen-bond acceptors (Lipinski definition) is 4. The number of nitrogens with one attached hydrogen (secondary N) is 1. The van der Waals surface area contributed by atoms with Crippen LogP contribution >= 0.6 is 0 Å². The lowest BCUT2D eigenvalue weighted by atomic mass is 9.92. The van der Waals surface area contributed by atoms with Gasteiger partial charge in [0.2, 0.25) is 5.88 Å². The van der Waals surface area contributed by atoms with Crippen LogP contribution in [0.15, 0.2) is 91.0 Å². The molecule has 0 spiro atoms. The molecule has 0 fully saturated rings. The summed E-state index contributed by atoms with van der Waals surface area (Å²) >= 11 is 0. The molecule has 42 heavy (non-hydrogen) atoms. The maximum absolute atomic E-state index is 13.4. The zero-order chi connectivity index (χ0) is 28.5. The number of ether oxygens (including phenoxy) is 1. The van der Waals surface area contributed by atoms with Crippen LogP contribution in [0.5, 0.6) is 5.88 Å². The van der Waals surface area contributed by atoms with Gasteiger partial charge in [-0.05, 0) is 56.4 Å². The van der Waals surface area contributed by atoms with Crippen molar-refractivity contribution in [3.8, 4) is 5.88 Å². The Hall–Kier alpha value is -4.77. The van der Waals surface area contributed by atoms with E-state index in [0.717, 1.165) is 33.7 Å². The smallest absolute Gasteiger partial charge is 0.270 e. The van der Waals surface area contributed by atoms with Gasteiger partial charge in [-0.2, -0.15) is 0 Å². The predicted molar refractivity (Wildman–Crippen MR) is 173 cm³/mol. The van der Waals surface area contributed by atoms with Gasteiger partial charge >= 0.3 is 0 Å². The lowest BCUT2D eigenvalue weighted by molar-refractivity contribution is 0.0946. The van der Waals surface area contributed by atoms with Gasteiger partial charge in [-0.15, -0.1) is 0 Å². The molecule has 5 heteroatoms. The minimum atomic E-state index is -0.209. The number of benzene rings is 5. The number of amides is 1. The van der Waals surface area contributed by atoms with Crippen molar-refractivity contribution in [3.05, 3.63) is 102 Å². The minimum Gasteiger partial charge on any atom is -0.478 e. The lowest BCUT2D eigenvalue weighted by Gasteiger charge is -2.14. The highest BCUT2D eigenvalue weighted by atomic mass is 16.5. The highest BCUT2D eigenvalue weighted by molar-refractivity contribution is 6.23. The molecule has 0 aliphatic heterocycles. The first-order valence-electron chi connectivity index (χ1n) is 15.0. The molecule has 1 amide bonds. The Balaban J connectivity index is 1.14. The SMILES string of the molecule is CCCCCCCOc1ccc2ccc3ccc(C(=O)NCc4ccc5ccc6cccc7ccc4c5c67)nc3c2n1. The standard InChI is InChI=1S/C37H33N3O2/c1-2-3-4-5-6-22-42-32-21-18-28-14-13-27-17-20-31(39-35(27)36(28)40-32)37(41)38-23-29-15-12-26-11-10-24-8-7-9-25-16-19-30(29)34(26)33(24)25/h7-21H,2-6,22-23H2,1H3,(H,38,41). The number of pyridine rings is 2. The number of hydrogen-bond donors (Lipinski definition) is 1. The Kier molecular flexibility index (Phi) is 7.00. The monoisotopic (exact) mass is 551 g/mol. The molecule has 0 saturated carbocycles. The molecule has 7 rings (SSSR count). The zero-order valence-corrected chi connectivity index (χ0v) is 23.8. The molecule has 1 N–H and O–H groups in total. The van der Waals surface area contributed by atoms with Crippen LogP contribution in [-0.4, -0.2) is 22.5 Å².